The number of methoxy groups -OCH3 is 2. The summed E-state index contributed by atoms with van der Waals surface area (Å²) in [6.45, 7) is 0.300. The van der Waals surface area contributed by atoms with E-state index in [1.807, 2.05) is 60.7 Å². The number of carbonyl (C=O) groups is 2. The van der Waals surface area contributed by atoms with Crippen molar-refractivity contribution in [2.24, 2.45) is 0 Å². The van der Waals surface area contributed by atoms with Crippen LogP contribution in [-0.4, -0.2) is 53.4 Å². The predicted molar refractivity (Wildman–Crippen MR) is 141 cm³/mol. The largest absolute Gasteiger partial charge is 0.493 e. The maximum atomic E-state index is 13.9. The zero-order valence-corrected chi connectivity index (χ0v) is 21.3. The molecule has 0 aliphatic carbocycles. The maximum absolute atomic E-state index is 13.9. The summed E-state index contributed by atoms with van der Waals surface area (Å²) in [5.74, 6) is 1.03. The van der Waals surface area contributed by atoms with E-state index in [-0.39, 0.29) is 18.4 Å². The lowest BCUT2D eigenvalue weighted by Gasteiger charge is -2.47. The molecule has 0 bridgehead atoms. The third-order valence-electron chi connectivity index (χ3n) is 7.33. The molecule has 7 nitrogen and oxygen atoms in total. The van der Waals surface area contributed by atoms with Gasteiger partial charge in [0.05, 0.1) is 20.3 Å². The predicted octanol–water partition coefficient (Wildman–Crippen LogP) is 4.72. The normalized spacial score (nSPS) is 19.1. The summed E-state index contributed by atoms with van der Waals surface area (Å²) in [6.07, 6.45) is 0.448. The van der Waals surface area contributed by atoms with Gasteiger partial charge in [0.15, 0.2) is 11.5 Å². The van der Waals surface area contributed by atoms with Crippen molar-refractivity contribution in [3.63, 3.8) is 0 Å². The van der Waals surface area contributed by atoms with Crippen LogP contribution in [-0.2, 0) is 22.6 Å². The summed E-state index contributed by atoms with van der Waals surface area (Å²) in [7, 11) is 3.16. The van der Waals surface area contributed by atoms with Gasteiger partial charge in [0.1, 0.15) is 12.6 Å². The van der Waals surface area contributed by atoms with Gasteiger partial charge >= 0.3 is 0 Å². The Kier molecular flexibility index (Phi) is 5.80. The number of amides is 2. The fraction of sp³-hybridized carbons (Fsp3) is 0.241. The molecule has 188 valence electrons. The van der Waals surface area contributed by atoms with E-state index in [1.165, 1.54) is 0 Å². The van der Waals surface area contributed by atoms with Crippen LogP contribution in [0.25, 0.3) is 10.9 Å². The molecule has 3 aromatic carbocycles. The van der Waals surface area contributed by atoms with Crippen molar-refractivity contribution in [2.45, 2.75) is 25.0 Å². The van der Waals surface area contributed by atoms with Crippen LogP contribution in [0.3, 0.4) is 0 Å². The number of hydrogen-bond acceptors (Lipinski definition) is 4. The van der Waals surface area contributed by atoms with Gasteiger partial charge in [-0.2, -0.15) is 0 Å². The van der Waals surface area contributed by atoms with Crippen molar-refractivity contribution >= 4 is 34.3 Å². The minimum absolute atomic E-state index is 0.00367. The Labute approximate surface area is 219 Å². The molecule has 1 fully saturated rings. The lowest BCUT2D eigenvalue weighted by molar-refractivity contribution is -0.159. The van der Waals surface area contributed by atoms with E-state index in [0.717, 1.165) is 33.3 Å². The number of carbonyl (C=O) groups excluding carboxylic acids is 2. The second-order valence-electron chi connectivity index (χ2n) is 9.42. The summed E-state index contributed by atoms with van der Waals surface area (Å²) in [5, 5.41) is 1.66. The molecule has 1 N–H and O–H groups in total. The van der Waals surface area contributed by atoms with Crippen molar-refractivity contribution in [2.75, 3.05) is 20.8 Å². The topological polar surface area (TPSA) is 74.9 Å². The maximum Gasteiger partial charge on any atom is 0.246 e. The Bertz CT molecular complexity index is 1530. The highest BCUT2D eigenvalue weighted by atomic mass is 35.5. The highest BCUT2D eigenvalue weighted by Gasteiger charge is 2.48. The Morgan fingerprint density at radius 1 is 0.973 bits per heavy atom. The number of piperazine rings is 1. The molecule has 0 unspecified atom stereocenters. The van der Waals surface area contributed by atoms with E-state index in [2.05, 4.69) is 11.1 Å². The molecular weight excluding hydrogens is 490 g/mol. The number of nitrogens with one attached hydrogen (secondary N) is 1. The monoisotopic (exact) mass is 515 g/mol. The van der Waals surface area contributed by atoms with Gasteiger partial charge in [0.25, 0.3) is 0 Å². The minimum Gasteiger partial charge on any atom is -0.493 e. The second-order valence-corrected chi connectivity index (χ2v) is 9.86. The number of benzene rings is 3. The molecule has 1 aromatic heterocycles. The highest BCUT2D eigenvalue weighted by Crippen LogP contribution is 2.43. The number of H-pyrrole nitrogens is 1. The molecule has 8 heteroatoms. The van der Waals surface area contributed by atoms with Gasteiger partial charge in [-0.15, -0.1) is 0 Å². The van der Waals surface area contributed by atoms with E-state index >= 15 is 0 Å². The van der Waals surface area contributed by atoms with Gasteiger partial charge in [-0.05, 0) is 47.0 Å². The Morgan fingerprint density at radius 3 is 2.57 bits per heavy atom. The quantitative estimate of drug-likeness (QED) is 0.417. The molecule has 2 aliphatic rings. The van der Waals surface area contributed by atoms with E-state index in [4.69, 9.17) is 21.1 Å². The fourth-order valence-corrected chi connectivity index (χ4v) is 5.88. The highest BCUT2D eigenvalue weighted by molar-refractivity contribution is 6.30. The van der Waals surface area contributed by atoms with Gasteiger partial charge in [0, 0.05) is 34.6 Å². The zero-order valence-electron chi connectivity index (χ0n) is 20.5. The number of fused-ring (bicyclic) bond motifs is 4. The molecule has 1 saturated heterocycles. The van der Waals surface area contributed by atoms with E-state index in [1.54, 1.807) is 24.0 Å². The van der Waals surface area contributed by atoms with Crippen LogP contribution in [0.2, 0.25) is 5.02 Å². The second kappa shape index (κ2) is 9.16. The third kappa shape index (κ3) is 3.90. The Morgan fingerprint density at radius 2 is 1.78 bits per heavy atom. The van der Waals surface area contributed by atoms with Gasteiger partial charge in [-0.3, -0.25) is 9.59 Å². The number of hydrogen-bond donors (Lipinski definition) is 1. The number of nitrogens with zero attached hydrogens (tertiary/aromatic N) is 2. The van der Waals surface area contributed by atoms with E-state index in [0.29, 0.717) is 29.5 Å². The standard InChI is InChI=1S/C29H26ClN3O4/c1-36-24-11-10-17(12-25(24)37-2)15-32-16-26(34)33-23(29(32)35)14-21-20-8-3-4-9-22(20)31-27(21)28(33)18-6-5-7-19(30)13-18/h3-13,23,28,31H,14-16H2,1-2H3/t23-,28-/m0/s1. The summed E-state index contributed by atoms with van der Waals surface area (Å²) >= 11 is 6.36. The third-order valence-corrected chi connectivity index (χ3v) is 7.56. The van der Waals surface area contributed by atoms with Crippen molar-refractivity contribution < 1.29 is 19.1 Å². The van der Waals surface area contributed by atoms with Crippen molar-refractivity contribution in [3.8, 4) is 11.5 Å². The van der Waals surface area contributed by atoms with Crippen LogP contribution in [0.4, 0.5) is 0 Å². The van der Waals surface area contributed by atoms with Crippen LogP contribution in [0.15, 0.2) is 66.7 Å². The van der Waals surface area contributed by atoms with Gasteiger partial charge in [0.2, 0.25) is 11.8 Å². The van der Waals surface area contributed by atoms with Crippen LogP contribution in [0.1, 0.15) is 28.4 Å². The molecule has 6 rings (SSSR count). The van der Waals surface area contributed by atoms with Crippen LogP contribution in [0.5, 0.6) is 11.5 Å². The molecule has 0 radical (unpaired) electrons. The first kappa shape index (κ1) is 23.4. The fourth-order valence-electron chi connectivity index (χ4n) is 5.68. The van der Waals surface area contributed by atoms with Gasteiger partial charge in [-0.25, -0.2) is 0 Å². The molecule has 37 heavy (non-hydrogen) atoms. The Balaban J connectivity index is 1.41. The molecule has 2 atom stereocenters. The minimum atomic E-state index is -0.614. The number of ether oxygens (including phenoxy) is 2. The number of para-hydroxylation sites is 1. The molecule has 0 saturated carbocycles. The summed E-state index contributed by atoms with van der Waals surface area (Å²) in [4.78, 5) is 34.6. The molecule has 2 aliphatic heterocycles. The van der Waals surface area contributed by atoms with Crippen molar-refractivity contribution in [1.29, 1.82) is 0 Å². The van der Waals surface area contributed by atoms with Crippen LogP contribution in [0, 0.1) is 0 Å². The summed E-state index contributed by atoms with van der Waals surface area (Å²) < 4.78 is 10.8. The average molecular weight is 516 g/mol. The first-order valence-corrected chi connectivity index (χ1v) is 12.5. The van der Waals surface area contributed by atoms with Gasteiger partial charge < -0.3 is 24.3 Å². The van der Waals surface area contributed by atoms with Gasteiger partial charge in [-0.1, -0.05) is 48.0 Å². The first-order valence-electron chi connectivity index (χ1n) is 12.1. The van der Waals surface area contributed by atoms with Crippen LogP contribution < -0.4 is 9.47 Å². The average Bonchev–Trinajstić information content (AvgIpc) is 3.28. The zero-order chi connectivity index (χ0) is 25.7. The molecule has 4 aromatic rings. The lowest BCUT2D eigenvalue weighted by Crippen LogP contribution is -2.62. The number of aromatic nitrogens is 1. The van der Waals surface area contributed by atoms with E-state index in [9.17, 15) is 9.59 Å². The van der Waals surface area contributed by atoms with Crippen molar-refractivity contribution in [1.82, 2.24) is 14.8 Å². The van der Waals surface area contributed by atoms with E-state index < -0.39 is 12.1 Å². The Hall–Kier alpha value is -3.97. The molecule has 2 amide bonds. The molecule has 3 heterocycles. The SMILES string of the molecule is COc1ccc(CN2CC(=O)N3[C@@H](c4cccc(Cl)c4)c4[nH]c5ccccc5c4C[C@H]3C2=O)cc1OC. The first-order chi connectivity index (χ1) is 18.0. The summed E-state index contributed by atoms with van der Waals surface area (Å²) in [6, 6.07) is 20.1. The number of halogens is 1. The number of aromatic amines is 1. The molecule has 0 spiro atoms. The smallest absolute Gasteiger partial charge is 0.246 e. The van der Waals surface area contributed by atoms with Crippen molar-refractivity contribution in [3.05, 3.63) is 94.1 Å². The van der Waals surface area contributed by atoms with Crippen LogP contribution >= 0.6 is 11.6 Å². The number of rotatable bonds is 5. The lowest BCUT2D eigenvalue weighted by atomic mass is 9.86. The summed E-state index contributed by atoms with van der Waals surface area (Å²) in [5.41, 5.74) is 4.73. The molecular formula is C29H26ClN3O4.